The molecule has 0 amide bonds. The zero-order valence-corrected chi connectivity index (χ0v) is 12.1. The Balaban J connectivity index is 1.55. The fourth-order valence-corrected chi connectivity index (χ4v) is 2.73. The number of benzene rings is 1. The molecule has 0 fully saturated rings. The predicted molar refractivity (Wildman–Crippen MR) is 80.7 cm³/mol. The normalized spacial score (nSPS) is 14.6. The summed E-state index contributed by atoms with van der Waals surface area (Å²) in [7, 11) is 0. The number of hydrogen-bond donors (Lipinski definition) is 0. The van der Waals surface area contributed by atoms with Crippen molar-refractivity contribution in [1.82, 2.24) is 9.78 Å². The molecule has 1 heterocycles. The van der Waals surface area contributed by atoms with E-state index in [1.54, 1.807) is 6.20 Å². The molecule has 0 unspecified atom stereocenters. The first-order valence-corrected chi connectivity index (χ1v) is 7.60. The molecule has 1 aromatic carbocycles. The number of ether oxygens (including phenoxy) is 1. The van der Waals surface area contributed by atoms with Crippen molar-refractivity contribution in [3.05, 3.63) is 47.8 Å². The molecule has 3 rings (SSSR count). The summed E-state index contributed by atoms with van der Waals surface area (Å²) in [5.41, 5.74) is 1.94. The summed E-state index contributed by atoms with van der Waals surface area (Å²) in [5.74, 6) is 1.14. The van der Waals surface area contributed by atoms with Crippen LogP contribution >= 0.6 is 0 Å². The average Bonchev–Trinajstić information content (AvgIpc) is 2.83. The second-order valence-electron chi connectivity index (χ2n) is 5.37. The number of nitrogens with zero attached hydrogens (tertiary/aromatic N) is 2. The van der Waals surface area contributed by atoms with Crippen molar-refractivity contribution in [2.24, 2.45) is 0 Å². The van der Waals surface area contributed by atoms with Gasteiger partial charge in [0.25, 0.3) is 0 Å². The van der Waals surface area contributed by atoms with Crippen LogP contribution < -0.4 is 4.74 Å². The lowest BCUT2D eigenvalue weighted by molar-refractivity contribution is 0.0982. The Bertz CT molecular complexity index is 605. The molecule has 110 valence electrons. The topological polar surface area (TPSA) is 44.1 Å². The predicted octanol–water partition coefficient (Wildman–Crippen LogP) is 3.26. The Labute approximate surface area is 124 Å². The summed E-state index contributed by atoms with van der Waals surface area (Å²) in [5, 5.41) is 4.37. The van der Waals surface area contributed by atoms with Crippen LogP contribution in [0.1, 0.15) is 41.7 Å². The molecule has 2 aromatic rings. The van der Waals surface area contributed by atoms with Crippen LogP contribution in [-0.4, -0.2) is 22.2 Å². The number of para-hydroxylation sites is 1. The molecule has 0 atom stereocenters. The van der Waals surface area contributed by atoms with Gasteiger partial charge in [-0.15, -0.1) is 0 Å². The molecule has 1 aromatic heterocycles. The zero-order chi connectivity index (χ0) is 14.5. The molecular formula is C17H20N2O2. The minimum absolute atomic E-state index is 0.245. The maximum absolute atomic E-state index is 12.0. The highest BCUT2D eigenvalue weighted by Gasteiger charge is 2.19. The Morgan fingerprint density at radius 3 is 2.81 bits per heavy atom. The van der Waals surface area contributed by atoms with Gasteiger partial charge in [-0.25, -0.2) is 0 Å². The Morgan fingerprint density at radius 2 is 1.95 bits per heavy atom. The number of hydrogen-bond acceptors (Lipinski definition) is 3. The van der Waals surface area contributed by atoms with Crippen LogP contribution in [0.3, 0.4) is 0 Å². The van der Waals surface area contributed by atoms with Gasteiger partial charge < -0.3 is 4.74 Å². The molecule has 21 heavy (non-hydrogen) atoms. The summed E-state index contributed by atoms with van der Waals surface area (Å²) < 4.78 is 7.67. The van der Waals surface area contributed by atoms with Crippen molar-refractivity contribution in [3.8, 4) is 5.75 Å². The summed E-state index contributed by atoms with van der Waals surface area (Å²) in [4.78, 5) is 12.0. The average molecular weight is 284 g/mol. The summed E-state index contributed by atoms with van der Waals surface area (Å²) in [6, 6.07) is 9.82. The second kappa shape index (κ2) is 6.57. The van der Waals surface area contributed by atoms with Crippen molar-refractivity contribution in [2.75, 3.05) is 6.61 Å². The summed E-state index contributed by atoms with van der Waals surface area (Å²) >= 11 is 0. The van der Waals surface area contributed by atoms with Gasteiger partial charge in [-0.2, -0.15) is 5.10 Å². The van der Waals surface area contributed by atoms with E-state index in [4.69, 9.17) is 4.74 Å². The molecule has 0 aliphatic heterocycles. The number of Topliss-reactive ketones (excluding diaryl/α,β-unsaturated/α-hetero) is 1. The van der Waals surface area contributed by atoms with Gasteiger partial charge >= 0.3 is 0 Å². The van der Waals surface area contributed by atoms with E-state index in [0.29, 0.717) is 13.0 Å². The lowest BCUT2D eigenvalue weighted by Crippen LogP contribution is -2.09. The third kappa shape index (κ3) is 3.32. The lowest BCUT2D eigenvalue weighted by Gasteiger charge is -2.09. The van der Waals surface area contributed by atoms with E-state index in [1.165, 1.54) is 0 Å². The van der Waals surface area contributed by atoms with E-state index in [9.17, 15) is 4.79 Å². The van der Waals surface area contributed by atoms with Crippen LogP contribution in [0, 0.1) is 0 Å². The smallest absolute Gasteiger partial charge is 0.166 e. The Kier molecular flexibility index (Phi) is 4.34. The minimum atomic E-state index is 0.245. The molecule has 0 saturated carbocycles. The fraction of sp³-hybridized carbons (Fsp3) is 0.412. The van der Waals surface area contributed by atoms with Gasteiger partial charge in [0.15, 0.2) is 5.78 Å². The molecular weight excluding hydrogens is 264 g/mol. The monoisotopic (exact) mass is 284 g/mol. The zero-order valence-electron chi connectivity index (χ0n) is 12.1. The molecule has 0 N–H and O–H groups in total. The van der Waals surface area contributed by atoms with E-state index >= 15 is 0 Å². The first-order valence-electron chi connectivity index (χ1n) is 7.60. The van der Waals surface area contributed by atoms with Crippen molar-refractivity contribution < 1.29 is 9.53 Å². The van der Waals surface area contributed by atoms with Crippen LogP contribution in [0.15, 0.2) is 36.5 Å². The highest BCUT2D eigenvalue weighted by atomic mass is 16.5. The van der Waals surface area contributed by atoms with Gasteiger partial charge in [0.1, 0.15) is 5.75 Å². The lowest BCUT2D eigenvalue weighted by atomic mass is 10.1. The first-order chi connectivity index (χ1) is 10.3. The Morgan fingerprint density at radius 1 is 1.14 bits per heavy atom. The van der Waals surface area contributed by atoms with Crippen LogP contribution in [0.2, 0.25) is 0 Å². The number of aromatic nitrogens is 2. The third-order valence-corrected chi connectivity index (χ3v) is 3.84. The molecule has 0 bridgehead atoms. The largest absolute Gasteiger partial charge is 0.494 e. The minimum Gasteiger partial charge on any atom is -0.494 e. The van der Waals surface area contributed by atoms with Gasteiger partial charge in [-0.3, -0.25) is 9.48 Å². The maximum atomic E-state index is 12.0. The van der Waals surface area contributed by atoms with Crippen LogP contribution in [0.25, 0.3) is 0 Å². The summed E-state index contributed by atoms with van der Waals surface area (Å²) in [6.07, 6.45) is 6.31. The molecule has 0 radical (unpaired) electrons. The molecule has 1 aliphatic rings. The number of aryl methyl sites for hydroxylation is 1. The highest BCUT2D eigenvalue weighted by Crippen LogP contribution is 2.20. The van der Waals surface area contributed by atoms with E-state index in [0.717, 1.165) is 49.2 Å². The van der Waals surface area contributed by atoms with Gasteiger partial charge in [0, 0.05) is 25.1 Å². The number of fused-ring (bicyclic) bond motifs is 1. The Hall–Kier alpha value is -2.10. The second-order valence-corrected chi connectivity index (χ2v) is 5.37. The molecule has 0 saturated heterocycles. The summed E-state index contributed by atoms with van der Waals surface area (Å²) in [6.45, 7) is 1.46. The molecule has 4 heteroatoms. The SMILES string of the molecule is O=C1CCCCc2c1cnn2CCCOc1ccccc1. The van der Waals surface area contributed by atoms with Crippen LogP contribution in [0.4, 0.5) is 0 Å². The van der Waals surface area contributed by atoms with E-state index in [2.05, 4.69) is 5.10 Å². The number of carbonyl (C=O) groups is 1. The third-order valence-electron chi connectivity index (χ3n) is 3.84. The molecule has 0 spiro atoms. The van der Waals surface area contributed by atoms with Gasteiger partial charge in [-0.05, 0) is 31.4 Å². The van der Waals surface area contributed by atoms with Crippen molar-refractivity contribution >= 4 is 5.78 Å². The van der Waals surface area contributed by atoms with Crippen LogP contribution in [0.5, 0.6) is 5.75 Å². The number of carbonyl (C=O) groups excluding carboxylic acids is 1. The maximum Gasteiger partial charge on any atom is 0.166 e. The van der Waals surface area contributed by atoms with Crippen molar-refractivity contribution in [1.29, 1.82) is 0 Å². The first kappa shape index (κ1) is 13.9. The molecule has 4 nitrogen and oxygen atoms in total. The molecule has 1 aliphatic carbocycles. The fourth-order valence-electron chi connectivity index (χ4n) is 2.73. The van der Waals surface area contributed by atoms with E-state index < -0.39 is 0 Å². The van der Waals surface area contributed by atoms with Gasteiger partial charge in [-0.1, -0.05) is 18.2 Å². The quantitative estimate of drug-likeness (QED) is 0.625. The van der Waals surface area contributed by atoms with E-state index in [1.807, 2.05) is 35.0 Å². The number of ketones is 1. The van der Waals surface area contributed by atoms with Gasteiger partial charge in [0.2, 0.25) is 0 Å². The van der Waals surface area contributed by atoms with Crippen molar-refractivity contribution in [3.63, 3.8) is 0 Å². The number of rotatable bonds is 5. The highest BCUT2D eigenvalue weighted by molar-refractivity contribution is 5.97. The van der Waals surface area contributed by atoms with Crippen molar-refractivity contribution in [2.45, 2.75) is 38.6 Å². The standard InChI is InChI=1S/C17H20N2O2/c20-17-10-5-4-9-16-15(17)13-18-19(16)11-6-12-21-14-7-2-1-3-8-14/h1-3,7-8,13H,4-6,9-12H2. The van der Waals surface area contributed by atoms with Crippen LogP contribution in [-0.2, 0) is 13.0 Å². The van der Waals surface area contributed by atoms with E-state index in [-0.39, 0.29) is 5.78 Å². The van der Waals surface area contributed by atoms with Gasteiger partial charge in [0.05, 0.1) is 18.4 Å².